The van der Waals surface area contributed by atoms with Gasteiger partial charge < -0.3 is 14.0 Å². The lowest BCUT2D eigenvalue weighted by atomic mass is 9.93. The number of amides is 1. The summed E-state index contributed by atoms with van der Waals surface area (Å²) >= 11 is 0. The van der Waals surface area contributed by atoms with Crippen LogP contribution in [0.25, 0.3) is 22.2 Å². The predicted octanol–water partition coefficient (Wildman–Crippen LogP) is 8.78. The van der Waals surface area contributed by atoms with Gasteiger partial charge in [0.2, 0.25) is 0 Å². The molecule has 0 aliphatic carbocycles. The molecule has 5 nitrogen and oxygen atoms in total. The van der Waals surface area contributed by atoms with Gasteiger partial charge in [0.25, 0.3) is 5.91 Å². The van der Waals surface area contributed by atoms with Crippen molar-refractivity contribution in [1.82, 2.24) is 14.5 Å². The smallest absolute Gasteiger partial charge is 0.254 e. The molecule has 0 saturated heterocycles. The number of benzene rings is 3. The van der Waals surface area contributed by atoms with E-state index in [0.29, 0.717) is 45.5 Å². The van der Waals surface area contributed by atoms with Crippen molar-refractivity contribution in [3.8, 4) is 22.6 Å². The van der Waals surface area contributed by atoms with E-state index in [1.165, 1.54) is 6.07 Å². The van der Waals surface area contributed by atoms with Gasteiger partial charge in [0.05, 0.1) is 23.1 Å². The number of nitrogens with zero attached hydrogens (tertiary/aromatic N) is 3. The molecule has 4 aromatic rings. The molecule has 2 aliphatic rings. The Bertz CT molecular complexity index is 2050. The molecule has 2 aliphatic heterocycles. The van der Waals surface area contributed by atoms with Gasteiger partial charge in [0.15, 0.2) is 0 Å². The van der Waals surface area contributed by atoms with Crippen molar-refractivity contribution in [2.45, 2.75) is 76.7 Å². The molecular formula is C37H43FN3O2PSi. The van der Waals surface area contributed by atoms with Gasteiger partial charge in [-0.3, -0.25) is 4.79 Å². The number of fused-ring (bicyclic) bond motifs is 9. The number of imidazole rings is 1. The Kier molecular flexibility index (Phi) is 6.86. The van der Waals surface area contributed by atoms with E-state index in [4.69, 9.17) is 9.10 Å². The first-order chi connectivity index (χ1) is 22.4. The number of rotatable bonds is 5. The highest BCUT2D eigenvalue weighted by Gasteiger charge is 2.45. The van der Waals surface area contributed by atoms with Gasteiger partial charge in [-0.2, -0.15) is 0 Å². The van der Waals surface area contributed by atoms with Gasteiger partial charge >= 0.3 is 0 Å². The molecule has 45 heavy (non-hydrogen) atoms. The first kappa shape index (κ1) is 27.8. The van der Waals surface area contributed by atoms with Crippen molar-refractivity contribution in [2.75, 3.05) is 20.3 Å². The highest BCUT2D eigenvalue weighted by Crippen LogP contribution is 2.49. The molecule has 0 saturated carbocycles. The lowest BCUT2D eigenvalue weighted by Crippen LogP contribution is -2.43. The van der Waals surface area contributed by atoms with Crippen LogP contribution in [0.4, 0.5) is 4.39 Å². The van der Waals surface area contributed by atoms with Crippen LogP contribution in [-0.2, 0) is 4.57 Å². The van der Waals surface area contributed by atoms with Crippen LogP contribution in [0.15, 0.2) is 54.6 Å². The lowest BCUT2D eigenvalue weighted by Gasteiger charge is -2.38. The van der Waals surface area contributed by atoms with E-state index in [2.05, 4.69) is 57.6 Å². The van der Waals surface area contributed by atoms with E-state index in [0.717, 1.165) is 27.1 Å². The van der Waals surface area contributed by atoms with Crippen LogP contribution < -0.4 is 5.30 Å². The third-order valence-electron chi connectivity index (χ3n) is 10.1. The Morgan fingerprint density at radius 3 is 2.27 bits per heavy atom. The Balaban J connectivity index is 1.59. The Morgan fingerprint density at radius 1 is 0.978 bits per heavy atom. The van der Waals surface area contributed by atoms with E-state index >= 15 is 4.39 Å². The summed E-state index contributed by atoms with van der Waals surface area (Å²) < 4.78 is 55.1. The van der Waals surface area contributed by atoms with Gasteiger partial charge in [-0.05, 0) is 77.5 Å². The minimum Gasteiger partial charge on any atom is -0.331 e. The van der Waals surface area contributed by atoms with E-state index in [9.17, 15) is 9.36 Å². The monoisotopic (exact) mass is 642 g/mol. The summed E-state index contributed by atoms with van der Waals surface area (Å²) in [6.45, 7) is 14.0. The normalized spacial score (nSPS) is 19.2. The van der Waals surface area contributed by atoms with Crippen molar-refractivity contribution in [3.05, 3.63) is 82.9 Å². The quantitative estimate of drug-likeness (QED) is 0.124. The van der Waals surface area contributed by atoms with Crippen LogP contribution in [-0.4, -0.2) is 48.7 Å². The predicted molar refractivity (Wildman–Crippen MR) is 186 cm³/mol. The van der Waals surface area contributed by atoms with Crippen LogP contribution in [0.5, 0.6) is 0 Å². The summed E-state index contributed by atoms with van der Waals surface area (Å²) in [6, 6.07) is 14.7. The lowest BCUT2D eigenvalue weighted by molar-refractivity contribution is 0.0734. The number of aromatic nitrogens is 2. The van der Waals surface area contributed by atoms with Crippen LogP contribution in [0, 0.1) is 17.3 Å². The molecule has 0 spiro atoms. The molecule has 3 heterocycles. The van der Waals surface area contributed by atoms with Crippen molar-refractivity contribution >= 4 is 37.5 Å². The van der Waals surface area contributed by atoms with Gasteiger partial charge in [-0.1, -0.05) is 65.7 Å². The molecule has 2 bridgehead atoms. The fourth-order valence-electron chi connectivity index (χ4n) is 7.97. The minimum absolute atomic E-state index is 0.210. The summed E-state index contributed by atoms with van der Waals surface area (Å²) in [5.41, 5.74) is 9.67. The molecular weight excluding hydrogens is 596 g/mol. The summed E-state index contributed by atoms with van der Waals surface area (Å²) in [4.78, 5) is 20.1. The van der Waals surface area contributed by atoms with Crippen molar-refractivity contribution < 1.29 is 17.9 Å². The molecule has 0 fully saturated rings. The third-order valence-corrected chi connectivity index (χ3v) is 17.9. The van der Waals surface area contributed by atoms with Gasteiger partial charge in [0, 0.05) is 39.5 Å². The third kappa shape index (κ3) is 4.93. The van der Waals surface area contributed by atoms with Gasteiger partial charge in [-0.25, -0.2) is 9.37 Å². The number of halogens is 1. The molecule has 0 radical (unpaired) electrons. The maximum atomic E-state index is 15.1. The summed E-state index contributed by atoms with van der Waals surface area (Å²) in [7, 11) is -4.93. The molecule has 8 heteroatoms. The van der Waals surface area contributed by atoms with Gasteiger partial charge in [0.1, 0.15) is 26.9 Å². The number of hydrogen-bond acceptors (Lipinski definition) is 3. The minimum atomic E-state index is -2.79. The highest BCUT2D eigenvalue weighted by atomic mass is 31.2. The molecule has 1 amide bonds. The SMILES string of the molecule is [2H]C([2H])([2H])N1C(=O)c2cccc(C#C[Si](C(C)C)(C(C)C)C(C)C)c2[C@H]2C[C@@H]1c1nc3ccc(-c4ccc(P(C)(C)=O)c(F)c4)cc3n12. The number of carbonyl (C=O) groups excluding carboxylic acids is 1. The second-order valence-electron chi connectivity index (χ2n) is 13.9. The first-order valence-corrected chi connectivity index (χ1v) is 20.6. The van der Waals surface area contributed by atoms with Crippen LogP contribution in [0.1, 0.15) is 91.5 Å². The van der Waals surface area contributed by atoms with Crippen LogP contribution in [0.2, 0.25) is 16.6 Å². The molecule has 0 N–H and O–H groups in total. The van der Waals surface area contributed by atoms with Crippen molar-refractivity contribution in [1.29, 1.82) is 0 Å². The average molecular weight is 643 g/mol. The van der Waals surface area contributed by atoms with E-state index in [-0.39, 0.29) is 11.3 Å². The fourth-order valence-corrected chi connectivity index (χ4v) is 14.2. The molecule has 3 aromatic carbocycles. The molecule has 0 unspecified atom stereocenters. The summed E-state index contributed by atoms with van der Waals surface area (Å²) in [6.07, 6.45) is 0.352. The molecule has 1 aromatic heterocycles. The van der Waals surface area contributed by atoms with E-state index < -0.39 is 40.0 Å². The largest absolute Gasteiger partial charge is 0.331 e. The Morgan fingerprint density at radius 2 is 1.64 bits per heavy atom. The standard InChI is InChI=1S/C37H43FN3O2PSi/c1-22(2)45(23(3)4,24(5)6)18-17-25-11-10-12-28-35(25)32-21-33(40(7)37(28)42)36-39-30-15-13-27(20-31(30)41(32)36)26-14-16-34(29(38)19-26)44(8,9)43/h10-16,19-20,22-24,32-33H,21H2,1-9H3/t32-,33-/m1/s1/i7D3. The summed E-state index contributed by atoms with van der Waals surface area (Å²) in [5.74, 6) is 3.03. The Hall–Kier alpha value is -3.46. The zero-order valence-electron chi connectivity index (χ0n) is 30.3. The average Bonchev–Trinajstić information content (AvgIpc) is 3.48. The van der Waals surface area contributed by atoms with E-state index in [1.807, 2.05) is 24.3 Å². The van der Waals surface area contributed by atoms with Gasteiger partial charge in [-0.15, -0.1) is 5.54 Å². The number of hydrogen-bond donors (Lipinski definition) is 0. The molecule has 6 rings (SSSR count). The molecule has 234 valence electrons. The van der Waals surface area contributed by atoms with Crippen LogP contribution in [0.3, 0.4) is 0 Å². The van der Waals surface area contributed by atoms with Crippen molar-refractivity contribution in [3.63, 3.8) is 0 Å². The maximum absolute atomic E-state index is 15.1. The van der Waals surface area contributed by atoms with Crippen molar-refractivity contribution in [2.24, 2.45) is 0 Å². The zero-order valence-corrected chi connectivity index (χ0v) is 29.2. The number of carbonyl (C=O) groups is 1. The highest BCUT2D eigenvalue weighted by molar-refractivity contribution is 7.70. The second kappa shape index (κ2) is 11.1. The maximum Gasteiger partial charge on any atom is 0.254 e. The van der Waals surface area contributed by atoms with Crippen LogP contribution >= 0.6 is 7.14 Å². The molecule has 2 atom stereocenters. The second-order valence-corrected chi connectivity index (χ2v) is 22.7. The summed E-state index contributed by atoms with van der Waals surface area (Å²) in [5, 5.41) is 0.210. The van der Waals surface area contributed by atoms with E-state index in [1.54, 1.807) is 37.6 Å². The topological polar surface area (TPSA) is 55.2 Å². The zero-order chi connectivity index (χ0) is 35.1. The fraction of sp³-hybridized carbons (Fsp3) is 0.405. The Labute approximate surface area is 271 Å². The first-order valence-electron chi connectivity index (χ1n) is 17.2.